The number of halogens is 2. The summed E-state index contributed by atoms with van der Waals surface area (Å²) in [6, 6.07) is 6.57. The second-order valence-electron chi connectivity index (χ2n) is 3.74. The lowest BCUT2D eigenvalue weighted by Crippen LogP contribution is -2.17. The first-order valence-electron chi connectivity index (χ1n) is 5.26. The van der Waals surface area contributed by atoms with E-state index in [4.69, 9.17) is 0 Å². The van der Waals surface area contributed by atoms with E-state index >= 15 is 0 Å². The molecular weight excluding hydrogens is 237 g/mol. The molecule has 0 radical (unpaired) electrons. The standard InChI is InChI=1S/C12H9BF2N2O/c13-10-5-4-7(6-16-10)17-12(18)11-8(14)2-1-3-9(11)15/h1-6H,13H2,(H,17,18). The first kappa shape index (κ1) is 12.2. The number of aromatic nitrogens is 1. The van der Waals surface area contributed by atoms with Crippen LogP contribution < -0.4 is 10.9 Å². The zero-order valence-corrected chi connectivity index (χ0v) is 9.58. The minimum atomic E-state index is -0.896. The molecule has 6 heteroatoms. The number of pyridine rings is 1. The van der Waals surface area contributed by atoms with Crippen LogP contribution >= 0.6 is 0 Å². The molecular formula is C12H9BF2N2O. The third-order valence-corrected chi connectivity index (χ3v) is 2.36. The summed E-state index contributed by atoms with van der Waals surface area (Å²) < 4.78 is 26.7. The van der Waals surface area contributed by atoms with E-state index in [2.05, 4.69) is 10.3 Å². The fourth-order valence-electron chi connectivity index (χ4n) is 1.45. The highest BCUT2D eigenvalue weighted by molar-refractivity contribution is 6.30. The number of carbonyl (C=O) groups excluding carboxylic acids is 1. The average Bonchev–Trinajstić information content (AvgIpc) is 2.32. The molecule has 0 spiro atoms. The van der Waals surface area contributed by atoms with E-state index < -0.39 is 23.1 Å². The summed E-state index contributed by atoms with van der Waals surface area (Å²) in [5, 5.41) is 2.39. The number of nitrogens with one attached hydrogen (secondary N) is 1. The van der Waals surface area contributed by atoms with Crippen LogP contribution in [0.2, 0.25) is 0 Å². The SMILES string of the molecule is Bc1ccc(NC(=O)c2c(F)cccc2F)cn1. The minimum Gasteiger partial charge on any atom is -0.320 e. The van der Waals surface area contributed by atoms with Crippen molar-refractivity contribution in [1.29, 1.82) is 0 Å². The van der Waals surface area contributed by atoms with E-state index in [0.717, 1.165) is 17.7 Å². The number of nitrogens with zero attached hydrogens (tertiary/aromatic N) is 1. The van der Waals surface area contributed by atoms with E-state index in [1.54, 1.807) is 20.0 Å². The summed E-state index contributed by atoms with van der Waals surface area (Å²) >= 11 is 0. The number of benzene rings is 1. The normalized spacial score (nSPS) is 10.1. The fraction of sp³-hybridized carbons (Fsp3) is 0. The summed E-state index contributed by atoms with van der Waals surface area (Å²) in [6.45, 7) is 0. The van der Waals surface area contributed by atoms with Crippen molar-refractivity contribution in [2.24, 2.45) is 0 Å². The smallest absolute Gasteiger partial charge is 0.261 e. The van der Waals surface area contributed by atoms with Gasteiger partial charge in [-0.05, 0) is 29.9 Å². The molecule has 1 aromatic heterocycles. The van der Waals surface area contributed by atoms with Gasteiger partial charge in [0, 0.05) is 6.20 Å². The summed E-state index contributed by atoms with van der Waals surface area (Å²) in [4.78, 5) is 15.7. The van der Waals surface area contributed by atoms with Crippen LogP contribution in [0, 0.1) is 11.6 Å². The zero-order chi connectivity index (χ0) is 13.1. The quantitative estimate of drug-likeness (QED) is 0.799. The van der Waals surface area contributed by atoms with Gasteiger partial charge in [-0.25, -0.2) is 8.78 Å². The first-order valence-corrected chi connectivity index (χ1v) is 5.26. The predicted molar refractivity (Wildman–Crippen MR) is 66.7 cm³/mol. The third kappa shape index (κ3) is 2.53. The molecule has 0 aliphatic rings. The van der Waals surface area contributed by atoms with Crippen LogP contribution in [0.15, 0.2) is 36.5 Å². The molecule has 0 atom stereocenters. The van der Waals surface area contributed by atoms with Crippen molar-refractivity contribution in [3.8, 4) is 0 Å². The molecule has 90 valence electrons. The number of hydrogen-bond donors (Lipinski definition) is 1. The molecule has 1 heterocycles. The number of carbonyl (C=O) groups is 1. The van der Waals surface area contributed by atoms with E-state index in [0.29, 0.717) is 5.69 Å². The highest BCUT2D eigenvalue weighted by Crippen LogP contribution is 2.14. The Kier molecular flexibility index (Phi) is 3.37. The van der Waals surface area contributed by atoms with E-state index in [1.165, 1.54) is 12.3 Å². The molecule has 0 fully saturated rings. The summed E-state index contributed by atoms with van der Waals surface area (Å²) in [5.74, 6) is -2.63. The lowest BCUT2D eigenvalue weighted by molar-refractivity contribution is 0.101. The Balaban J connectivity index is 2.25. The third-order valence-electron chi connectivity index (χ3n) is 2.36. The highest BCUT2D eigenvalue weighted by Gasteiger charge is 2.16. The number of amides is 1. The van der Waals surface area contributed by atoms with Gasteiger partial charge in [-0.3, -0.25) is 9.78 Å². The highest BCUT2D eigenvalue weighted by atomic mass is 19.1. The monoisotopic (exact) mass is 246 g/mol. The van der Waals surface area contributed by atoms with Crippen LogP contribution in [0.25, 0.3) is 0 Å². The van der Waals surface area contributed by atoms with Crippen molar-refractivity contribution in [2.75, 3.05) is 5.32 Å². The van der Waals surface area contributed by atoms with Gasteiger partial charge in [0.05, 0.1) is 5.69 Å². The van der Waals surface area contributed by atoms with E-state index in [-0.39, 0.29) is 0 Å². The molecule has 2 aromatic rings. The van der Waals surface area contributed by atoms with Crippen molar-refractivity contribution in [3.63, 3.8) is 0 Å². The van der Waals surface area contributed by atoms with Gasteiger partial charge in [0.25, 0.3) is 5.91 Å². The molecule has 2 rings (SSSR count). The second-order valence-corrected chi connectivity index (χ2v) is 3.74. The molecule has 3 nitrogen and oxygen atoms in total. The second kappa shape index (κ2) is 4.95. The van der Waals surface area contributed by atoms with Crippen molar-refractivity contribution >= 4 is 25.0 Å². The van der Waals surface area contributed by atoms with E-state index in [1.807, 2.05) is 0 Å². The Hall–Kier alpha value is -2.24. The zero-order valence-electron chi connectivity index (χ0n) is 9.58. The lowest BCUT2D eigenvalue weighted by atomic mass is 10.0. The van der Waals surface area contributed by atoms with Gasteiger partial charge in [-0.1, -0.05) is 6.07 Å². The maximum atomic E-state index is 13.4. The Morgan fingerprint density at radius 2 is 1.83 bits per heavy atom. The van der Waals surface area contributed by atoms with Crippen LogP contribution in [0.1, 0.15) is 10.4 Å². The number of anilines is 1. The van der Waals surface area contributed by atoms with Gasteiger partial charge in [0.2, 0.25) is 0 Å². The van der Waals surface area contributed by atoms with Gasteiger partial charge < -0.3 is 5.32 Å². The summed E-state index contributed by atoms with van der Waals surface area (Å²) in [6.07, 6.45) is 1.42. The number of hydrogen-bond acceptors (Lipinski definition) is 2. The molecule has 0 bridgehead atoms. The minimum absolute atomic E-state index is 0.383. The van der Waals surface area contributed by atoms with Gasteiger partial charge in [0.1, 0.15) is 17.2 Å². The van der Waals surface area contributed by atoms with Crippen LogP contribution in [0.5, 0.6) is 0 Å². The van der Waals surface area contributed by atoms with E-state index in [9.17, 15) is 13.6 Å². The Morgan fingerprint density at radius 1 is 1.17 bits per heavy atom. The molecule has 0 aliphatic heterocycles. The Labute approximate surface area is 103 Å². The fourth-order valence-corrected chi connectivity index (χ4v) is 1.45. The van der Waals surface area contributed by atoms with Crippen LogP contribution in [-0.4, -0.2) is 18.7 Å². The van der Waals surface area contributed by atoms with Crippen LogP contribution in [0.4, 0.5) is 14.5 Å². The topological polar surface area (TPSA) is 42.0 Å². The molecule has 0 aliphatic carbocycles. The van der Waals surface area contributed by atoms with Crippen LogP contribution in [0.3, 0.4) is 0 Å². The molecule has 18 heavy (non-hydrogen) atoms. The molecule has 0 saturated heterocycles. The van der Waals surface area contributed by atoms with Crippen molar-refractivity contribution < 1.29 is 13.6 Å². The van der Waals surface area contributed by atoms with Gasteiger partial charge in [-0.15, -0.1) is 0 Å². The molecule has 0 unspecified atom stereocenters. The molecule has 1 amide bonds. The van der Waals surface area contributed by atoms with Crippen molar-refractivity contribution in [2.45, 2.75) is 0 Å². The maximum absolute atomic E-state index is 13.4. The molecule has 1 aromatic carbocycles. The molecule has 1 N–H and O–H groups in total. The van der Waals surface area contributed by atoms with Crippen LogP contribution in [-0.2, 0) is 0 Å². The average molecular weight is 246 g/mol. The molecule has 0 saturated carbocycles. The Morgan fingerprint density at radius 3 is 2.39 bits per heavy atom. The lowest BCUT2D eigenvalue weighted by Gasteiger charge is -2.06. The predicted octanol–water partition coefficient (Wildman–Crippen LogP) is 0.870. The van der Waals surface area contributed by atoms with Gasteiger partial charge in [0.15, 0.2) is 7.85 Å². The van der Waals surface area contributed by atoms with Crippen molar-refractivity contribution in [1.82, 2.24) is 4.98 Å². The van der Waals surface area contributed by atoms with Gasteiger partial charge >= 0.3 is 0 Å². The van der Waals surface area contributed by atoms with Gasteiger partial charge in [-0.2, -0.15) is 0 Å². The Bertz CT molecular complexity index is 567. The largest absolute Gasteiger partial charge is 0.320 e. The van der Waals surface area contributed by atoms with Crippen molar-refractivity contribution in [3.05, 3.63) is 53.7 Å². The number of rotatable bonds is 2. The summed E-state index contributed by atoms with van der Waals surface area (Å²) in [5.41, 5.74) is 0.566. The maximum Gasteiger partial charge on any atom is 0.261 e. The summed E-state index contributed by atoms with van der Waals surface area (Å²) in [7, 11) is 1.79. The first-order chi connectivity index (χ1) is 8.58.